The van der Waals surface area contributed by atoms with Crippen molar-refractivity contribution in [3.8, 4) is 0 Å². The third-order valence-corrected chi connectivity index (χ3v) is 1.98. The second-order valence-electron chi connectivity index (χ2n) is 2.88. The molecule has 1 N–H and O–H groups in total. The van der Waals surface area contributed by atoms with Crippen LogP contribution >= 0.6 is 8.69 Å². The van der Waals surface area contributed by atoms with Crippen LogP contribution in [-0.4, -0.2) is 17.7 Å². The molecule has 0 amide bonds. The van der Waals surface area contributed by atoms with Gasteiger partial charge in [-0.15, -0.1) is 0 Å². The Kier molecular flexibility index (Phi) is 8.39. The lowest BCUT2D eigenvalue weighted by atomic mass is 10.1. The molecule has 0 spiro atoms. The molecule has 0 bridgehead atoms. The van der Waals surface area contributed by atoms with Crippen molar-refractivity contribution in [2.75, 3.05) is 6.61 Å². The van der Waals surface area contributed by atoms with Gasteiger partial charge in [0.25, 0.3) is 0 Å². The van der Waals surface area contributed by atoms with Crippen LogP contribution < -0.4 is 0 Å². The van der Waals surface area contributed by atoms with Gasteiger partial charge in [0, 0.05) is 0 Å². The smallest absolute Gasteiger partial charge is 0.333 e. The zero-order valence-corrected chi connectivity index (χ0v) is 9.13. The van der Waals surface area contributed by atoms with Crippen LogP contribution in [-0.2, 0) is 13.9 Å². The van der Waals surface area contributed by atoms with E-state index in [9.17, 15) is 9.36 Å². The van der Waals surface area contributed by atoms with E-state index in [1.165, 1.54) is 0 Å². The standard InChI is InChI=1S/C9H15O4P/c1-2-3-4-5-6-8(9(10)11)7-13-14-12/h6H,2-5,7H2,1H3,(H,10,11). The molecule has 0 fully saturated rings. The predicted molar refractivity (Wildman–Crippen MR) is 53.4 cm³/mol. The Morgan fingerprint density at radius 3 is 2.71 bits per heavy atom. The Hall–Kier alpha value is -0.730. The number of hydrogen-bond acceptors (Lipinski definition) is 3. The maximum Gasteiger partial charge on any atom is 0.333 e. The largest absolute Gasteiger partial charge is 0.478 e. The predicted octanol–water partition coefficient (Wildman–Crippen LogP) is 2.80. The van der Waals surface area contributed by atoms with Gasteiger partial charge in [0.05, 0.1) is 12.2 Å². The van der Waals surface area contributed by atoms with Gasteiger partial charge in [-0.25, -0.2) is 9.36 Å². The number of carbonyl (C=O) groups is 1. The molecule has 80 valence electrons. The molecule has 14 heavy (non-hydrogen) atoms. The zero-order chi connectivity index (χ0) is 10.8. The van der Waals surface area contributed by atoms with E-state index in [4.69, 9.17) is 5.11 Å². The average molecular weight is 218 g/mol. The molecular weight excluding hydrogens is 203 g/mol. The summed E-state index contributed by atoms with van der Waals surface area (Å²) in [5, 5.41) is 8.70. The molecule has 0 aliphatic rings. The lowest BCUT2D eigenvalue weighted by Gasteiger charge is -1.99. The summed E-state index contributed by atoms with van der Waals surface area (Å²) < 4.78 is 14.4. The SMILES string of the molecule is CCCCCC=C(COP=O)C(=O)O. The minimum absolute atomic E-state index is 0.105. The minimum Gasteiger partial charge on any atom is -0.478 e. The molecular formula is C9H15O4P. The summed E-state index contributed by atoms with van der Waals surface area (Å²) in [6, 6.07) is 0. The molecule has 0 heterocycles. The van der Waals surface area contributed by atoms with Gasteiger partial charge in [0.1, 0.15) is 0 Å². The van der Waals surface area contributed by atoms with Gasteiger partial charge in [0.15, 0.2) is 0 Å². The molecule has 0 unspecified atom stereocenters. The van der Waals surface area contributed by atoms with E-state index < -0.39 is 14.7 Å². The summed E-state index contributed by atoms with van der Waals surface area (Å²) in [6.07, 6.45) is 5.52. The first-order chi connectivity index (χ1) is 6.72. The van der Waals surface area contributed by atoms with E-state index in [-0.39, 0.29) is 12.2 Å². The highest BCUT2D eigenvalue weighted by molar-refractivity contribution is 7.17. The molecule has 0 radical (unpaired) electrons. The molecule has 5 heteroatoms. The fourth-order valence-electron chi connectivity index (χ4n) is 0.974. The van der Waals surface area contributed by atoms with Crippen LogP contribution in [0, 0.1) is 0 Å². The van der Waals surface area contributed by atoms with Crippen LogP contribution in [0.15, 0.2) is 11.6 Å². The second kappa shape index (κ2) is 8.85. The maximum atomic E-state index is 10.6. The van der Waals surface area contributed by atoms with Crippen molar-refractivity contribution in [2.24, 2.45) is 0 Å². The third-order valence-electron chi connectivity index (χ3n) is 1.75. The van der Waals surface area contributed by atoms with Crippen LogP contribution in [0.5, 0.6) is 0 Å². The van der Waals surface area contributed by atoms with E-state index >= 15 is 0 Å². The van der Waals surface area contributed by atoms with Gasteiger partial charge in [-0.1, -0.05) is 25.8 Å². The van der Waals surface area contributed by atoms with Crippen molar-refractivity contribution < 1.29 is 19.0 Å². The van der Waals surface area contributed by atoms with E-state index in [1.807, 2.05) is 0 Å². The molecule has 0 aromatic heterocycles. The minimum atomic E-state index is -1.01. The summed E-state index contributed by atoms with van der Waals surface area (Å²) in [6.45, 7) is 1.98. The Labute approximate surface area is 85.2 Å². The molecule has 0 aromatic carbocycles. The van der Waals surface area contributed by atoms with Gasteiger partial charge in [0.2, 0.25) is 0 Å². The van der Waals surface area contributed by atoms with Crippen LogP contribution in [0.25, 0.3) is 0 Å². The van der Waals surface area contributed by atoms with E-state index in [0.29, 0.717) is 0 Å². The summed E-state index contributed by atoms with van der Waals surface area (Å²) in [7, 11) is -0.484. The number of unbranched alkanes of at least 4 members (excludes halogenated alkanes) is 3. The topological polar surface area (TPSA) is 63.6 Å². The van der Waals surface area contributed by atoms with Crippen molar-refractivity contribution in [1.29, 1.82) is 0 Å². The van der Waals surface area contributed by atoms with Crippen molar-refractivity contribution in [1.82, 2.24) is 0 Å². The highest BCUT2D eigenvalue weighted by atomic mass is 31.1. The zero-order valence-electron chi connectivity index (χ0n) is 8.23. The number of carboxylic acid groups (broad SMARTS) is 1. The monoisotopic (exact) mass is 218 g/mol. The van der Waals surface area contributed by atoms with Gasteiger partial charge < -0.3 is 5.11 Å². The normalized spacial score (nSPS) is 11.9. The molecule has 0 aromatic rings. The maximum absolute atomic E-state index is 10.6. The molecule has 0 aliphatic carbocycles. The summed E-state index contributed by atoms with van der Waals surface area (Å²) in [5.74, 6) is -1.01. The summed E-state index contributed by atoms with van der Waals surface area (Å²) >= 11 is 0. The van der Waals surface area contributed by atoms with Gasteiger partial charge in [-0.05, 0) is 12.8 Å². The van der Waals surface area contributed by atoms with Crippen LogP contribution in [0.2, 0.25) is 0 Å². The summed E-state index contributed by atoms with van der Waals surface area (Å²) in [5.41, 5.74) is 0.171. The lowest BCUT2D eigenvalue weighted by Crippen LogP contribution is -2.05. The molecule has 4 nitrogen and oxygen atoms in total. The highest BCUT2D eigenvalue weighted by Crippen LogP contribution is 2.07. The van der Waals surface area contributed by atoms with Crippen LogP contribution in [0.1, 0.15) is 32.6 Å². The van der Waals surface area contributed by atoms with Gasteiger partial charge >= 0.3 is 14.7 Å². The molecule has 0 aliphatic heterocycles. The average Bonchev–Trinajstić information content (AvgIpc) is 2.16. The summed E-state index contributed by atoms with van der Waals surface area (Å²) in [4.78, 5) is 10.6. The fourth-order valence-corrected chi connectivity index (χ4v) is 1.17. The van der Waals surface area contributed by atoms with Crippen LogP contribution in [0.4, 0.5) is 0 Å². The van der Waals surface area contributed by atoms with Crippen molar-refractivity contribution in [3.05, 3.63) is 11.6 Å². The molecule has 0 saturated carbocycles. The molecule has 0 saturated heterocycles. The van der Waals surface area contributed by atoms with E-state index in [0.717, 1.165) is 25.7 Å². The number of rotatable bonds is 8. The van der Waals surface area contributed by atoms with Gasteiger partial charge in [-0.2, -0.15) is 0 Å². The number of aliphatic carboxylic acids is 1. The van der Waals surface area contributed by atoms with Crippen molar-refractivity contribution >= 4 is 14.7 Å². The first kappa shape index (κ1) is 13.3. The first-order valence-electron chi connectivity index (χ1n) is 4.59. The van der Waals surface area contributed by atoms with E-state index in [2.05, 4.69) is 11.4 Å². The molecule has 0 rings (SSSR count). The Bertz CT molecular complexity index is 213. The Morgan fingerprint density at radius 1 is 1.50 bits per heavy atom. The van der Waals surface area contributed by atoms with E-state index in [1.54, 1.807) is 6.08 Å². The number of carboxylic acids is 1. The molecule has 0 atom stereocenters. The first-order valence-corrected chi connectivity index (χ1v) is 5.32. The Balaban J connectivity index is 3.92. The quantitative estimate of drug-likeness (QED) is 0.386. The van der Waals surface area contributed by atoms with Crippen molar-refractivity contribution in [2.45, 2.75) is 32.6 Å². The Morgan fingerprint density at radius 2 is 2.21 bits per heavy atom. The lowest BCUT2D eigenvalue weighted by molar-refractivity contribution is -0.133. The van der Waals surface area contributed by atoms with Gasteiger partial charge in [-0.3, -0.25) is 4.52 Å². The number of hydrogen-bond donors (Lipinski definition) is 1. The fraction of sp³-hybridized carbons (Fsp3) is 0.667. The van der Waals surface area contributed by atoms with Crippen LogP contribution in [0.3, 0.4) is 0 Å². The third kappa shape index (κ3) is 6.75. The number of allylic oxidation sites excluding steroid dienone is 1. The highest BCUT2D eigenvalue weighted by Gasteiger charge is 2.06. The van der Waals surface area contributed by atoms with Crippen molar-refractivity contribution in [3.63, 3.8) is 0 Å². The second-order valence-corrected chi connectivity index (χ2v) is 3.29.